The molecule has 0 amide bonds. The fourth-order valence-corrected chi connectivity index (χ4v) is 7.27. The SMILES string of the molecule is Cc1ccc(-c2c3nc(c4ccc([nH]4)c(-c4ccc(C)cc4)c(-c4ccc(C)cc4)c4nc(c5ccc([nH]5)c2-c2ccc(C)cc2)C=C4)C=C3)cc1. The predicted molar refractivity (Wildman–Crippen MR) is 220 cm³/mol. The Morgan fingerprint density at radius 3 is 0.885 bits per heavy atom. The standard InChI is InChI=1S/C48H38N4/c1-29-5-13-33(14-6-29)45-41-25-21-37(49-41)38-23-27-43(51-38)47(35-17-9-31(3)10-18-35)48(36-19-11-32(4)12-20-36)44-28-24-40(52-44)39-22-26-42(50-39)46(45)34-15-7-30(2)8-16-34/h5-28,49,52H,1-4H3. The maximum atomic E-state index is 5.36. The Bertz CT molecular complexity index is 2530. The largest absolute Gasteiger partial charge is 0.353 e. The molecular weight excluding hydrogens is 633 g/mol. The van der Waals surface area contributed by atoms with E-state index in [2.05, 4.69) is 183 Å². The van der Waals surface area contributed by atoms with E-state index in [1.807, 2.05) is 0 Å². The number of nitrogens with zero attached hydrogens (tertiary/aromatic N) is 2. The number of benzene rings is 4. The molecule has 2 aliphatic heterocycles. The first-order chi connectivity index (χ1) is 25.4. The summed E-state index contributed by atoms with van der Waals surface area (Å²) in [5.74, 6) is 0. The van der Waals surface area contributed by atoms with Gasteiger partial charge >= 0.3 is 0 Å². The van der Waals surface area contributed by atoms with Gasteiger partial charge in [0.25, 0.3) is 0 Å². The van der Waals surface area contributed by atoms with Crippen LogP contribution in [0.1, 0.15) is 45.0 Å². The van der Waals surface area contributed by atoms with Crippen molar-refractivity contribution >= 4 is 46.4 Å². The van der Waals surface area contributed by atoms with Gasteiger partial charge in [0.15, 0.2) is 0 Å². The van der Waals surface area contributed by atoms with E-state index in [0.29, 0.717) is 0 Å². The molecule has 4 nitrogen and oxygen atoms in total. The van der Waals surface area contributed by atoms with Gasteiger partial charge in [-0.05, 0) is 98.5 Å². The number of hydrogen-bond acceptors (Lipinski definition) is 2. The fraction of sp³-hybridized carbons (Fsp3) is 0.0833. The highest BCUT2D eigenvalue weighted by Gasteiger charge is 2.20. The molecule has 9 rings (SSSR count). The van der Waals surface area contributed by atoms with E-state index in [9.17, 15) is 0 Å². The Balaban J connectivity index is 1.47. The van der Waals surface area contributed by atoms with Crippen LogP contribution in [-0.2, 0) is 0 Å². The van der Waals surface area contributed by atoms with Crippen LogP contribution in [0.2, 0.25) is 0 Å². The van der Waals surface area contributed by atoms with Gasteiger partial charge in [-0.1, -0.05) is 119 Å². The zero-order valence-electron chi connectivity index (χ0n) is 29.8. The van der Waals surface area contributed by atoms with Crippen LogP contribution in [0.4, 0.5) is 0 Å². The van der Waals surface area contributed by atoms with Crippen molar-refractivity contribution < 1.29 is 0 Å². The van der Waals surface area contributed by atoms with Gasteiger partial charge in [0, 0.05) is 33.3 Å². The van der Waals surface area contributed by atoms with Crippen molar-refractivity contribution in [2.45, 2.75) is 27.7 Å². The Morgan fingerprint density at radius 2 is 0.558 bits per heavy atom. The molecule has 0 saturated heterocycles. The average Bonchev–Trinajstić information content (AvgIpc) is 3.99. The molecule has 0 radical (unpaired) electrons. The lowest BCUT2D eigenvalue weighted by molar-refractivity contribution is 1.31. The Kier molecular flexibility index (Phi) is 7.66. The van der Waals surface area contributed by atoms with E-state index in [1.165, 1.54) is 22.3 Å². The molecule has 5 heterocycles. The molecule has 0 atom stereocenters. The van der Waals surface area contributed by atoms with Crippen LogP contribution in [-0.4, -0.2) is 19.9 Å². The summed E-state index contributed by atoms with van der Waals surface area (Å²) in [5, 5.41) is 0. The quantitative estimate of drug-likeness (QED) is 0.196. The lowest BCUT2D eigenvalue weighted by atomic mass is 9.93. The number of aryl methyl sites for hydroxylation is 4. The maximum absolute atomic E-state index is 5.36. The summed E-state index contributed by atoms with van der Waals surface area (Å²) in [4.78, 5) is 18.3. The molecule has 0 fully saturated rings. The molecule has 3 aromatic heterocycles. The third kappa shape index (κ3) is 5.69. The van der Waals surface area contributed by atoms with Crippen molar-refractivity contribution in [3.8, 4) is 44.5 Å². The Labute approximate surface area is 303 Å². The van der Waals surface area contributed by atoms with Crippen LogP contribution in [0.25, 0.3) is 90.9 Å². The number of nitrogens with one attached hydrogen (secondary N) is 2. The minimum atomic E-state index is 0.891. The van der Waals surface area contributed by atoms with Gasteiger partial charge in [-0.15, -0.1) is 0 Å². The van der Waals surface area contributed by atoms with Crippen LogP contribution in [0.15, 0.2) is 121 Å². The van der Waals surface area contributed by atoms with Gasteiger partial charge in [0.05, 0.1) is 33.8 Å². The molecule has 7 aromatic rings. The average molecular weight is 671 g/mol. The van der Waals surface area contributed by atoms with Crippen LogP contribution in [0.5, 0.6) is 0 Å². The molecule has 2 N–H and O–H groups in total. The number of hydrogen-bond donors (Lipinski definition) is 2. The van der Waals surface area contributed by atoms with Crippen LogP contribution in [0.3, 0.4) is 0 Å². The van der Waals surface area contributed by atoms with Gasteiger partial charge in [-0.25, -0.2) is 9.97 Å². The number of H-pyrrole nitrogens is 2. The van der Waals surface area contributed by atoms with Gasteiger partial charge in [0.1, 0.15) is 0 Å². The summed E-state index contributed by atoms with van der Waals surface area (Å²) >= 11 is 0. The Hall–Kier alpha value is -6.52. The highest BCUT2D eigenvalue weighted by molar-refractivity contribution is 6.01. The second kappa shape index (κ2) is 12.7. The molecule has 0 aliphatic carbocycles. The van der Waals surface area contributed by atoms with Crippen molar-refractivity contribution in [1.82, 2.24) is 19.9 Å². The van der Waals surface area contributed by atoms with E-state index in [4.69, 9.17) is 9.97 Å². The van der Waals surface area contributed by atoms with Gasteiger partial charge in [-0.2, -0.15) is 0 Å². The second-order valence-corrected chi connectivity index (χ2v) is 14.0. The highest BCUT2D eigenvalue weighted by Crippen LogP contribution is 2.41. The van der Waals surface area contributed by atoms with E-state index >= 15 is 0 Å². The van der Waals surface area contributed by atoms with Gasteiger partial charge < -0.3 is 9.97 Å². The first-order valence-electron chi connectivity index (χ1n) is 17.8. The van der Waals surface area contributed by atoms with Crippen molar-refractivity contribution in [1.29, 1.82) is 0 Å². The highest BCUT2D eigenvalue weighted by atomic mass is 14.8. The molecule has 0 unspecified atom stereocenters. The molecular formula is C48H38N4. The van der Waals surface area contributed by atoms with E-state index in [0.717, 1.165) is 89.4 Å². The molecule has 52 heavy (non-hydrogen) atoms. The van der Waals surface area contributed by atoms with Crippen LogP contribution < -0.4 is 0 Å². The van der Waals surface area contributed by atoms with Crippen molar-refractivity contribution in [3.63, 3.8) is 0 Å². The summed E-state index contributed by atoms with van der Waals surface area (Å²) < 4.78 is 0. The monoisotopic (exact) mass is 670 g/mol. The molecule has 250 valence electrons. The van der Waals surface area contributed by atoms with Gasteiger partial charge in [-0.3, -0.25) is 0 Å². The van der Waals surface area contributed by atoms with E-state index in [-0.39, 0.29) is 0 Å². The first-order valence-corrected chi connectivity index (χ1v) is 17.8. The minimum absolute atomic E-state index is 0.891. The van der Waals surface area contributed by atoms with Crippen molar-refractivity contribution in [2.75, 3.05) is 0 Å². The first kappa shape index (κ1) is 31.5. The maximum Gasteiger partial charge on any atom is 0.0872 e. The van der Waals surface area contributed by atoms with Crippen LogP contribution >= 0.6 is 0 Å². The molecule has 0 spiro atoms. The smallest absolute Gasteiger partial charge is 0.0872 e. The molecule has 4 heteroatoms. The lowest BCUT2D eigenvalue weighted by Crippen LogP contribution is -1.92. The predicted octanol–water partition coefficient (Wildman–Crippen LogP) is 12.6. The lowest BCUT2D eigenvalue weighted by Gasteiger charge is -2.12. The second-order valence-electron chi connectivity index (χ2n) is 14.0. The molecule has 2 aliphatic rings. The zero-order valence-corrected chi connectivity index (χ0v) is 29.8. The van der Waals surface area contributed by atoms with E-state index < -0.39 is 0 Å². The summed E-state index contributed by atoms with van der Waals surface area (Å²) in [6, 6.07) is 43.8. The summed E-state index contributed by atoms with van der Waals surface area (Å²) in [6.45, 7) is 8.51. The number of aromatic nitrogens is 4. The Morgan fingerprint density at radius 1 is 0.288 bits per heavy atom. The molecule has 4 aromatic carbocycles. The molecule has 0 saturated carbocycles. The fourth-order valence-electron chi connectivity index (χ4n) is 7.27. The summed E-state index contributed by atoms with van der Waals surface area (Å²) in [5.41, 5.74) is 21.2. The third-order valence-corrected chi connectivity index (χ3v) is 10.1. The van der Waals surface area contributed by atoms with Crippen molar-refractivity contribution in [3.05, 3.63) is 166 Å². The number of fused-ring (bicyclic) bond motifs is 10. The van der Waals surface area contributed by atoms with Gasteiger partial charge in [0.2, 0.25) is 0 Å². The third-order valence-electron chi connectivity index (χ3n) is 10.1. The zero-order chi connectivity index (χ0) is 35.3. The minimum Gasteiger partial charge on any atom is -0.353 e. The summed E-state index contributed by atoms with van der Waals surface area (Å²) in [6.07, 6.45) is 8.57. The van der Waals surface area contributed by atoms with Crippen LogP contribution in [0, 0.1) is 27.7 Å². The number of aromatic amines is 2. The summed E-state index contributed by atoms with van der Waals surface area (Å²) in [7, 11) is 0. The van der Waals surface area contributed by atoms with E-state index in [1.54, 1.807) is 0 Å². The normalized spacial score (nSPS) is 12.1. The number of rotatable bonds is 4. The van der Waals surface area contributed by atoms with Crippen molar-refractivity contribution in [2.24, 2.45) is 0 Å². The molecule has 8 bridgehead atoms. The topological polar surface area (TPSA) is 57.4 Å².